The van der Waals surface area contributed by atoms with E-state index in [2.05, 4.69) is 4.72 Å². The normalized spacial score (nSPS) is 17.4. The summed E-state index contributed by atoms with van der Waals surface area (Å²) in [6.45, 7) is -0.0200. The van der Waals surface area contributed by atoms with Gasteiger partial charge < -0.3 is 15.4 Å². The van der Waals surface area contributed by atoms with Gasteiger partial charge in [0.15, 0.2) is 0 Å². The summed E-state index contributed by atoms with van der Waals surface area (Å²) >= 11 is 0. The molecule has 0 bridgehead atoms. The molecule has 0 radical (unpaired) electrons. The third-order valence-electron chi connectivity index (χ3n) is 3.19. The fourth-order valence-electron chi connectivity index (χ4n) is 1.85. The number of carbonyl (C=O) groups excluding carboxylic acids is 1. The van der Waals surface area contributed by atoms with Crippen LogP contribution >= 0.6 is 0 Å². The average Bonchev–Trinajstić information content (AvgIpc) is 3.08. The second kappa shape index (κ2) is 4.95. The molecular formula is C11H17N3O4S. The lowest BCUT2D eigenvalue weighted by atomic mass is 10.2. The van der Waals surface area contributed by atoms with Crippen LogP contribution in [-0.4, -0.2) is 36.6 Å². The Kier molecular flexibility index (Phi) is 3.66. The Bertz CT molecular complexity index is 589. The summed E-state index contributed by atoms with van der Waals surface area (Å²) in [6.07, 6.45) is 2.51. The molecule has 2 rings (SSSR count). The molecular weight excluding hydrogens is 270 g/mol. The van der Waals surface area contributed by atoms with Gasteiger partial charge in [-0.15, -0.1) is 0 Å². The molecule has 4 N–H and O–H groups in total. The molecule has 1 heterocycles. The van der Waals surface area contributed by atoms with Gasteiger partial charge in [-0.3, -0.25) is 4.79 Å². The second-order valence-corrected chi connectivity index (χ2v) is 6.56. The molecule has 0 saturated heterocycles. The number of aryl methyl sites for hydroxylation is 1. The molecule has 1 atom stereocenters. The molecule has 8 heteroatoms. The molecule has 1 amide bonds. The first-order valence-corrected chi connectivity index (χ1v) is 7.43. The highest BCUT2D eigenvalue weighted by Crippen LogP contribution is 2.32. The van der Waals surface area contributed by atoms with Crippen LogP contribution in [0.2, 0.25) is 0 Å². The third-order valence-corrected chi connectivity index (χ3v) is 4.58. The van der Waals surface area contributed by atoms with Crippen LogP contribution in [0.15, 0.2) is 17.2 Å². The van der Waals surface area contributed by atoms with Crippen LogP contribution in [0, 0.1) is 5.92 Å². The minimum atomic E-state index is -3.73. The molecule has 1 saturated carbocycles. The fraction of sp³-hybridized carbons (Fsp3) is 0.545. The smallest absolute Gasteiger partial charge is 0.265 e. The first-order valence-electron chi connectivity index (χ1n) is 5.95. The summed E-state index contributed by atoms with van der Waals surface area (Å²) in [5.74, 6) is -0.499. The number of nitrogens with zero attached hydrogens (tertiary/aromatic N) is 1. The highest BCUT2D eigenvalue weighted by Gasteiger charge is 2.30. The fourth-order valence-corrected chi connectivity index (χ4v) is 2.97. The summed E-state index contributed by atoms with van der Waals surface area (Å²) in [6, 6.07) is 1.22. The maximum atomic E-state index is 12.0. The van der Waals surface area contributed by atoms with Crippen molar-refractivity contribution in [3.8, 4) is 0 Å². The Morgan fingerprint density at radius 1 is 1.63 bits per heavy atom. The van der Waals surface area contributed by atoms with E-state index >= 15 is 0 Å². The first kappa shape index (κ1) is 14.0. The third kappa shape index (κ3) is 3.14. The van der Waals surface area contributed by atoms with Crippen LogP contribution in [0.4, 0.5) is 0 Å². The molecule has 1 aromatic rings. The Morgan fingerprint density at radius 3 is 2.74 bits per heavy atom. The van der Waals surface area contributed by atoms with E-state index in [1.165, 1.54) is 23.9 Å². The summed E-state index contributed by atoms with van der Waals surface area (Å²) in [5, 5.41) is 9.64. The van der Waals surface area contributed by atoms with Gasteiger partial charge in [-0.25, -0.2) is 13.1 Å². The molecule has 1 aliphatic rings. The van der Waals surface area contributed by atoms with Crippen molar-refractivity contribution in [1.82, 2.24) is 9.29 Å². The number of sulfonamides is 1. The lowest BCUT2D eigenvalue weighted by molar-refractivity contribution is 0.0992. The van der Waals surface area contributed by atoms with E-state index < -0.39 is 22.0 Å². The topological polar surface area (TPSA) is 114 Å². The van der Waals surface area contributed by atoms with Crippen molar-refractivity contribution in [2.75, 3.05) is 6.54 Å². The zero-order chi connectivity index (χ0) is 14.2. The van der Waals surface area contributed by atoms with Gasteiger partial charge in [-0.2, -0.15) is 0 Å². The van der Waals surface area contributed by atoms with Gasteiger partial charge >= 0.3 is 0 Å². The quantitative estimate of drug-likeness (QED) is 0.633. The zero-order valence-electron chi connectivity index (χ0n) is 10.5. The molecule has 1 aromatic heterocycles. The Labute approximate surface area is 111 Å². The standard InChI is InChI=1S/C11H17N3O4S/c1-14-6-8(4-9(14)11(12)16)19(17,18)13-5-10(15)7-2-3-7/h4,6-7,10,13,15H,2-3,5H2,1H3,(H2,12,16). The maximum Gasteiger partial charge on any atom is 0.265 e. The summed E-state index contributed by atoms with van der Waals surface area (Å²) < 4.78 is 27.6. The van der Waals surface area contributed by atoms with Crippen LogP contribution in [0.5, 0.6) is 0 Å². The Hall–Kier alpha value is -1.38. The molecule has 7 nitrogen and oxygen atoms in total. The van der Waals surface area contributed by atoms with E-state index in [4.69, 9.17) is 5.73 Å². The summed E-state index contributed by atoms with van der Waals surface area (Å²) in [5.41, 5.74) is 5.24. The molecule has 1 aliphatic carbocycles. The van der Waals surface area contributed by atoms with Crippen LogP contribution in [0.1, 0.15) is 23.3 Å². The van der Waals surface area contributed by atoms with Crippen molar-refractivity contribution < 1.29 is 18.3 Å². The van der Waals surface area contributed by atoms with Gasteiger partial charge in [-0.05, 0) is 24.8 Å². The van der Waals surface area contributed by atoms with Crippen molar-refractivity contribution in [2.24, 2.45) is 18.7 Å². The number of hydrogen-bond donors (Lipinski definition) is 3. The maximum absolute atomic E-state index is 12.0. The van der Waals surface area contributed by atoms with Crippen molar-refractivity contribution in [3.05, 3.63) is 18.0 Å². The number of amides is 1. The molecule has 106 valence electrons. The molecule has 1 fully saturated rings. The number of nitrogens with two attached hydrogens (primary N) is 1. The number of hydrogen-bond acceptors (Lipinski definition) is 4. The van der Waals surface area contributed by atoms with Crippen LogP contribution in [-0.2, 0) is 17.1 Å². The largest absolute Gasteiger partial charge is 0.391 e. The van der Waals surface area contributed by atoms with Crippen molar-refractivity contribution in [2.45, 2.75) is 23.8 Å². The Morgan fingerprint density at radius 2 is 2.26 bits per heavy atom. The van der Waals surface area contributed by atoms with E-state index in [1.807, 2.05) is 0 Å². The first-order chi connectivity index (χ1) is 8.81. The lowest BCUT2D eigenvalue weighted by Gasteiger charge is -2.10. The average molecular weight is 287 g/mol. The minimum absolute atomic E-state index is 0.0200. The van der Waals surface area contributed by atoms with E-state index in [1.54, 1.807) is 0 Å². The van der Waals surface area contributed by atoms with Gasteiger partial charge in [0.05, 0.1) is 6.10 Å². The number of aromatic nitrogens is 1. The molecule has 1 unspecified atom stereocenters. The van der Waals surface area contributed by atoms with E-state index in [0.717, 1.165) is 12.8 Å². The lowest BCUT2D eigenvalue weighted by Crippen LogP contribution is -2.33. The van der Waals surface area contributed by atoms with Crippen molar-refractivity contribution in [3.63, 3.8) is 0 Å². The van der Waals surface area contributed by atoms with Gasteiger partial charge in [-0.1, -0.05) is 0 Å². The molecule has 0 aromatic carbocycles. The van der Waals surface area contributed by atoms with Crippen LogP contribution in [0.3, 0.4) is 0 Å². The number of rotatable bonds is 6. The van der Waals surface area contributed by atoms with Crippen LogP contribution < -0.4 is 10.5 Å². The molecule has 0 spiro atoms. The van der Waals surface area contributed by atoms with Gasteiger partial charge in [0.2, 0.25) is 10.0 Å². The van der Waals surface area contributed by atoms with Gasteiger partial charge in [0.1, 0.15) is 10.6 Å². The van der Waals surface area contributed by atoms with Crippen LogP contribution in [0.25, 0.3) is 0 Å². The second-order valence-electron chi connectivity index (χ2n) is 4.79. The molecule has 19 heavy (non-hydrogen) atoms. The highest BCUT2D eigenvalue weighted by atomic mass is 32.2. The number of aliphatic hydroxyl groups is 1. The highest BCUT2D eigenvalue weighted by molar-refractivity contribution is 7.89. The summed E-state index contributed by atoms with van der Waals surface area (Å²) in [4.78, 5) is 11.0. The Balaban J connectivity index is 2.10. The van der Waals surface area contributed by atoms with E-state index in [0.29, 0.717) is 0 Å². The number of aliphatic hydroxyl groups excluding tert-OH is 1. The SMILES string of the molecule is Cn1cc(S(=O)(=O)NCC(O)C2CC2)cc1C(N)=O. The number of carbonyl (C=O) groups is 1. The predicted octanol–water partition coefficient (Wildman–Crippen LogP) is -0.827. The monoisotopic (exact) mass is 287 g/mol. The van der Waals surface area contributed by atoms with E-state index in [-0.39, 0.29) is 23.1 Å². The van der Waals surface area contributed by atoms with E-state index in [9.17, 15) is 18.3 Å². The number of nitrogens with one attached hydrogen (secondary N) is 1. The predicted molar refractivity (Wildman–Crippen MR) is 67.9 cm³/mol. The van der Waals surface area contributed by atoms with Gasteiger partial charge in [0, 0.05) is 19.8 Å². The number of primary amides is 1. The van der Waals surface area contributed by atoms with Crippen molar-refractivity contribution >= 4 is 15.9 Å². The van der Waals surface area contributed by atoms with Crippen molar-refractivity contribution in [1.29, 1.82) is 0 Å². The summed E-state index contributed by atoms with van der Waals surface area (Å²) in [7, 11) is -2.20. The molecule has 0 aliphatic heterocycles. The zero-order valence-corrected chi connectivity index (χ0v) is 11.4. The van der Waals surface area contributed by atoms with Gasteiger partial charge in [0.25, 0.3) is 5.91 Å². The minimum Gasteiger partial charge on any atom is -0.391 e.